The molecular formula is C21H24N8O. The molecule has 0 bridgehead atoms. The van der Waals surface area contributed by atoms with Gasteiger partial charge in [-0.25, -0.2) is 15.0 Å². The van der Waals surface area contributed by atoms with E-state index in [1.165, 1.54) is 0 Å². The first-order chi connectivity index (χ1) is 14.7. The molecule has 1 saturated heterocycles. The number of aryl methyl sites for hydroxylation is 1. The molecule has 1 atom stereocenters. The Kier molecular flexibility index (Phi) is 6.07. The number of nitrogens with zero attached hydrogens (tertiary/aromatic N) is 7. The van der Waals surface area contributed by atoms with Gasteiger partial charge in [-0.3, -0.25) is 14.5 Å². The van der Waals surface area contributed by atoms with Crippen LogP contribution in [0.3, 0.4) is 0 Å². The maximum absolute atomic E-state index is 12.6. The minimum absolute atomic E-state index is 0.0357. The first kappa shape index (κ1) is 19.7. The zero-order valence-electron chi connectivity index (χ0n) is 16.8. The molecule has 0 spiro atoms. The maximum Gasteiger partial charge on any atom is 0.246 e. The van der Waals surface area contributed by atoms with Gasteiger partial charge in [0.1, 0.15) is 18.0 Å². The number of nitrogens with one attached hydrogen (secondary N) is 1. The van der Waals surface area contributed by atoms with Crippen molar-refractivity contribution in [1.29, 1.82) is 0 Å². The van der Waals surface area contributed by atoms with Crippen LogP contribution < -0.4 is 5.32 Å². The topological polar surface area (TPSA) is 102 Å². The minimum Gasteiger partial charge on any atom is -0.339 e. The number of anilines is 2. The van der Waals surface area contributed by atoms with Gasteiger partial charge in [-0.05, 0) is 37.3 Å². The Labute approximate surface area is 174 Å². The number of hydrogen-bond acceptors (Lipinski definition) is 7. The summed E-state index contributed by atoms with van der Waals surface area (Å²) in [4.78, 5) is 31.4. The van der Waals surface area contributed by atoms with Crippen molar-refractivity contribution in [3.8, 4) is 0 Å². The molecule has 4 heterocycles. The van der Waals surface area contributed by atoms with Gasteiger partial charge in [-0.2, -0.15) is 5.10 Å². The van der Waals surface area contributed by atoms with E-state index in [0.717, 1.165) is 43.7 Å². The molecule has 0 radical (unpaired) electrons. The average Bonchev–Trinajstić information content (AvgIpc) is 3.18. The van der Waals surface area contributed by atoms with E-state index in [0.29, 0.717) is 17.6 Å². The summed E-state index contributed by atoms with van der Waals surface area (Å²) in [5.74, 6) is 1.72. The summed E-state index contributed by atoms with van der Waals surface area (Å²) >= 11 is 0. The number of piperidine rings is 1. The first-order valence-corrected chi connectivity index (χ1v) is 9.96. The van der Waals surface area contributed by atoms with Crippen molar-refractivity contribution in [1.82, 2.24) is 34.6 Å². The van der Waals surface area contributed by atoms with Crippen LogP contribution in [0.25, 0.3) is 6.08 Å². The molecule has 1 aliphatic heterocycles. The molecule has 1 fully saturated rings. The van der Waals surface area contributed by atoms with Gasteiger partial charge in [-0.15, -0.1) is 0 Å². The quantitative estimate of drug-likeness (QED) is 0.629. The largest absolute Gasteiger partial charge is 0.339 e. The highest BCUT2D eigenvalue weighted by molar-refractivity contribution is 5.91. The SMILES string of the molecule is Cn1nccc1/C=C/C(=O)N1CCCC(Cc2cc(Nc3cnccn3)ncn2)C1. The third-order valence-electron chi connectivity index (χ3n) is 5.13. The Morgan fingerprint density at radius 3 is 2.97 bits per heavy atom. The number of likely N-dealkylation sites (tertiary alicyclic amines) is 1. The van der Waals surface area contributed by atoms with Crippen LogP contribution in [-0.2, 0) is 18.3 Å². The van der Waals surface area contributed by atoms with Gasteiger partial charge in [0.15, 0.2) is 0 Å². The molecule has 154 valence electrons. The number of carbonyl (C=O) groups is 1. The molecule has 1 amide bonds. The predicted molar refractivity (Wildman–Crippen MR) is 113 cm³/mol. The van der Waals surface area contributed by atoms with Crippen molar-refractivity contribution in [2.24, 2.45) is 13.0 Å². The second-order valence-electron chi connectivity index (χ2n) is 7.32. The molecule has 0 saturated carbocycles. The van der Waals surface area contributed by atoms with Crippen molar-refractivity contribution >= 4 is 23.6 Å². The van der Waals surface area contributed by atoms with Gasteiger partial charge in [0.25, 0.3) is 0 Å². The van der Waals surface area contributed by atoms with Crippen LogP contribution in [-0.4, -0.2) is 53.6 Å². The Hall–Kier alpha value is -3.62. The van der Waals surface area contributed by atoms with Gasteiger partial charge < -0.3 is 10.2 Å². The van der Waals surface area contributed by atoms with Crippen LogP contribution in [0.4, 0.5) is 11.6 Å². The molecule has 3 aromatic rings. The number of carbonyl (C=O) groups excluding carboxylic acids is 1. The van der Waals surface area contributed by atoms with Crippen molar-refractivity contribution in [3.05, 3.63) is 60.7 Å². The summed E-state index contributed by atoms with van der Waals surface area (Å²) in [6.07, 6.45) is 14.5. The fourth-order valence-electron chi connectivity index (χ4n) is 3.61. The van der Waals surface area contributed by atoms with Crippen LogP contribution in [0, 0.1) is 5.92 Å². The number of aromatic nitrogens is 6. The van der Waals surface area contributed by atoms with Crippen molar-refractivity contribution in [2.45, 2.75) is 19.3 Å². The second-order valence-corrected chi connectivity index (χ2v) is 7.32. The number of rotatable bonds is 6. The molecule has 0 aliphatic carbocycles. The van der Waals surface area contributed by atoms with E-state index in [-0.39, 0.29) is 5.91 Å². The lowest BCUT2D eigenvalue weighted by Gasteiger charge is -2.32. The van der Waals surface area contributed by atoms with E-state index >= 15 is 0 Å². The van der Waals surface area contributed by atoms with Crippen LogP contribution in [0.15, 0.2) is 49.3 Å². The molecule has 1 N–H and O–H groups in total. The second kappa shape index (κ2) is 9.25. The van der Waals surface area contributed by atoms with Gasteiger partial charge >= 0.3 is 0 Å². The Balaban J connectivity index is 1.36. The lowest BCUT2D eigenvalue weighted by molar-refractivity contribution is -0.127. The molecule has 1 aliphatic rings. The lowest BCUT2D eigenvalue weighted by Crippen LogP contribution is -2.39. The highest BCUT2D eigenvalue weighted by Gasteiger charge is 2.23. The average molecular weight is 404 g/mol. The number of hydrogen-bond donors (Lipinski definition) is 1. The van der Waals surface area contributed by atoms with Gasteiger partial charge in [0.2, 0.25) is 5.91 Å². The normalized spacial score (nSPS) is 16.7. The van der Waals surface area contributed by atoms with E-state index < -0.39 is 0 Å². The van der Waals surface area contributed by atoms with E-state index in [4.69, 9.17) is 0 Å². The highest BCUT2D eigenvalue weighted by atomic mass is 16.2. The summed E-state index contributed by atoms with van der Waals surface area (Å²) in [6, 6.07) is 3.81. The predicted octanol–water partition coefficient (Wildman–Crippen LogP) is 2.24. The number of amides is 1. The summed E-state index contributed by atoms with van der Waals surface area (Å²) < 4.78 is 1.74. The van der Waals surface area contributed by atoms with Crippen LogP contribution in [0.2, 0.25) is 0 Å². The van der Waals surface area contributed by atoms with E-state index in [9.17, 15) is 4.79 Å². The van der Waals surface area contributed by atoms with Crippen LogP contribution in [0.5, 0.6) is 0 Å². The molecule has 4 rings (SSSR count). The summed E-state index contributed by atoms with van der Waals surface area (Å²) in [5, 5.41) is 7.25. The molecule has 0 aromatic carbocycles. The Bertz CT molecular complexity index is 1020. The Morgan fingerprint density at radius 1 is 1.23 bits per heavy atom. The van der Waals surface area contributed by atoms with Crippen molar-refractivity contribution in [3.63, 3.8) is 0 Å². The fourth-order valence-corrected chi connectivity index (χ4v) is 3.61. The van der Waals surface area contributed by atoms with Crippen molar-refractivity contribution < 1.29 is 4.79 Å². The Morgan fingerprint density at radius 2 is 2.17 bits per heavy atom. The van der Waals surface area contributed by atoms with E-state index in [2.05, 4.69) is 30.4 Å². The van der Waals surface area contributed by atoms with Gasteiger partial charge in [0.05, 0.1) is 11.9 Å². The first-order valence-electron chi connectivity index (χ1n) is 9.96. The van der Waals surface area contributed by atoms with E-state index in [1.54, 1.807) is 41.9 Å². The third-order valence-corrected chi connectivity index (χ3v) is 5.13. The summed E-state index contributed by atoms with van der Waals surface area (Å²) in [5.41, 5.74) is 1.85. The molecule has 9 heteroatoms. The minimum atomic E-state index is 0.0357. The zero-order valence-corrected chi connectivity index (χ0v) is 16.8. The van der Waals surface area contributed by atoms with Crippen molar-refractivity contribution in [2.75, 3.05) is 18.4 Å². The lowest BCUT2D eigenvalue weighted by atomic mass is 9.93. The van der Waals surface area contributed by atoms with Gasteiger partial charge in [-0.1, -0.05) is 0 Å². The highest BCUT2D eigenvalue weighted by Crippen LogP contribution is 2.22. The molecule has 30 heavy (non-hydrogen) atoms. The summed E-state index contributed by atoms with van der Waals surface area (Å²) in [7, 11) is 1.86. The molecule has 3 aromatic heterocycles. The molecular weight excluding hydrogens is 380 g/mol. The zero-order chi connectivity index (χ0) is 20.8. The monoisotopic (exact) mass is 404 g/mol. The smallest absolute Gasteiger partial charge is 0.246 e. The van der Waals surface area contributed by atoms with Gasteiger partial charge in [0, 0.05) is 56.6 Å². The molecule has 9 nitrogen and oxygen atoms in total. The van der Waals surface area contributed by atoms with E-state index in [1.807, 2.05) is 30.2 Å². The fraction of sp³-hybridized carbons (Fsp3) is 0.333. The van der Waals surface area contributed by atoms with Crippen LogP contribution in [0.1, 0.15) is 24.2 Å². The van der Waals surface area contributed by atoms with Crippen LogP contribution >= 0.6 is 0 Å². The third kappa shape index (κ3) is 5.05. The summed E-state index contributed by atoms with van der Waals surface area (Å²) in [6.45, 7) is 1.51. The maximum atomic E-state index is 12.6. The standard InChI is InChI=1S/C21H24N8O/c1-28-18(6-7-26-28)4-5-21(30)29-10-2-3-16(14-29)11-17-12-19(25-15-24-17)27-20-13-22-8-9-23-20/h4-9,12-13,15-16H,2-3,10-11,14H2,1H3,(H,23,24,25,27)/b5-4+. The molecule has 1 unspecified atom stereocenters.